The first kappa shape index (κ1) is 16.5. The van der Waals surface area contributed by atoms with Crippen LogP contribution in [0.3, 0.4) is 0 Å². The largest absolute Gasteiger partial charge is 0.465 e. The molecule has 0 amide bonds. The minimum absolute atomic E-state index is 0.00285. The van der Waals surface area contributed by atoms with Crippen LogP contribution in [0.4, 0.5) is 5.69 Å². The van der Waals surface area contributed by atoms with E-state index >= 15 is 0 Å². The van der Waals surface area contributed by atoms with Gasteiger partial charge in [0.1, 0.15) is 0 Å². The molecule has 0 aromatic heterocycles. The van der Waals surface area contributed by atoms with Crippen molar-refractivity contribution >= 4 is 34.9 Å². The molecule has 0 unspecified atom stereocenters. The van der Waals surface area contributed by atoms with Gasteiger partial charge in [-0.15, -0.1) is 0 Å². The van der Waals surface area contributed by atoms with Crippen LogP contribution in [0.1, 0.15) is 39.9 Å². The molecule has 0 saturated carbocycles. The molecule has 1 N–H and O–H groups in total. The maximum atomic E-state index is 12.2. The molecule has 1 heterocycles. The maximum Gasteiger partial charge on any atom is 0.339 e. The molecule has 128 valence electrons. The summed E-state index contributed by atoms with van der Waals surface area (Å²) in [6, 6.07) is 11.3. The number of carbonyl (C=O) groups excluding carboxylic acids is 1. The van der Waals surface area contributed by atoms with Gasteiger partial charge in [-0.1, -0.05) is 53.6 Å². The lowest BCUT2D eigenvalue weighted by Gasteiger charge is -2.38. The molecule has 2 aromatic rings. The Kier molecular flexibility index (Phi) is 4.22. The first-order valence-corrected chi connectivity index (χ1v) is 8.95. The summed E-state index contributed by atoms with van der Waals surface area (Å²) in [7, 11) is 1.40. The summed E-state index contributed by atoms with van der Waals surface area (Å²) in [5, 5.41) is 4.81. The topological polar surface area (TPSA) is 38.3 Å². The second-order valence-electron chi connectivity index (χ2n) is 6.40. The SMILES string of the molecule is COC(=O)c1cccc2c1N[C@H](c1ccc(Cl)cc1Cl)[C@@H]1CC=C[C@@H]21. The number of hydrogen-bond donors (Lipinski definition) is 1. The van der Waals surface area contributed by atoms with Crippen LogP contribution in [0, 0.1) is 5.92 Å². The number of benzene rings is 2. The van der Waals surface area contributed by atoms with Gasteiger partial charge >= 0.3 is 5.97 Å². The number of hydrogen-bond acceptors (Lipinski definition) is 3. The molecule has 1 aliphatic heterocycles. The lowest BCUT2D eigenvalue weighted by molar-refractivity contribution is 0.0601. The van der Waals surface area contributed by atoms with E-state index in [0.29, 0.717) is 21.5 Å². The number of rotatable bonds is 2. The van der Waals surface area contributed by atoms with Gasteiger partial charge in [0.2, 0.25) is 0 Å². The van der Waals surface area contributed by atoms with Crippen molar-refractivity contribution in [2.75, 3.05) is 12.4 Å². The van der Waals surface area contributed by atoms with Crippen molar-refractivity contribution in [1.29, 1.82) is 0 Å². The predicted octanol–water partition coefficient (Wildman–Crippen LogP) is 5.61. The van der Waals surface area contributed by atoms with E-state index in [1.165, 1.54) is 7.11 Å². The van der Waals surface area contributed by atoms with E-state index in [9.17, 15) is 4.79 Å². The van der Waals surface area contributed by atoms with Gasteiger partial charge in [-0.25, -0.2) is 4.79 Å². The van der Waals surface area contributed by atoms with E-state index < -0.39 is 0 Å². The molecule has 2 aliphatic rings. The van der Waals surface area contributed by atoms with Gasteiger partial charge < -0.3 is 10.1 Å². The fourth-order valence-electron chi connectivity index (χ4n) is 3.96. The average molecular weight is 374 g/mol. The lowest BCUT2D eigenvalue weighted by atomic mass is 9.76. The number of fused-ring (bicyclic) bond motifs is 3. The molecule has 1 aliphatic carbocycles. The summed E-state index contributed by atoms with van der Waals surface area (Å²) in [6.45, 7) is 0. The van der Waals surface area contributed by atoms with Crippen molar-refractivity contribution in [2.45, 2.75) is 18.4 Å². The van der Waals surface area contributed by atoms with Crippen molar-refractivity contribution in [3.05, 3.63) is 75.3 Å². The first-order chi connectivity index (χ1) is 12.1. The van der Waals surface area contributed by atoms with Crippen LogP contribution >= 0.6 is 23.2 Å². The van der Waals surface area contributed by atoms with Crippen LogP contribution in [0.5, 0.6) is 0 Å². The van der Waals surface area contributed by atoms with E-state index in [1.807, 2.05) is 18.2 Å². The van der Waals surface area contributed by atoms with Gasteiger partial charge in [-0.3, -0.25) is 0 Å². The number of methoxy groups -OCH3 is 1. The number of para-hydroxylation sites is 1. The molecule has 0 radical (unpaired) electrons. The second-order valence-corrected chi connectivity index (χ2v) is 7.25. The number of esters is 1. The van der Waals surface area contributed by atoms with Crippen molar-refractivity contribution in [3.63, 3.8) is 0 Å². The van der Waals surface area contributed by atoms with Crippen LogP contribution in [0.25, 0.3) is 0 Å². The number of nitrogens with one attached hydrogen (secondary N) is 1. The monoisotopic (exact) mass is 373 g/mol. The second kappa shape index (κ2) is 6.40. The maximum absolute atomic E-state index is 12.2. The lowest BCUT2D eigenvalue weighted by Crippen LogP contribution is -2.30. The molecular formula is C20H17Cl2NO2. The quantitative estimate of drug-likeness (QED) is 0.549. The minimum atomic E-state index is -0.342. The molecule has 2 aromatic carbocycles. The molecular weight excluding hydrogens is 357 g/mol. The van der Waals surface area contributed by atoms with Gasteiger partial charge in [-0.2, -0.15) is 0 Å². The predicted molar refractivity (Wildman–Crippen MR) is 101 cm³/mol. The zero-order chi connectivity index (χ0) is 17.6. The van der Waals surface area contributed by atoms with E-state index in [2.05, 4.69) is 23.5 Å². The van der Waals surface area contributed by atoms with Crippen LogP contribution in [-0.4, -0.2) is 13.1 Å². The smallest absolute Gasteiger partial charge is 0.339 e. The molecule has 3 nitrogen and oxygen atoms in total. The number of halogens is 2. The molecule has 0 fully saturated rings. The Morgan fingerprint density at radius 1 is 1.20 bits per heavy atom. The third-order valence-electron chi connectivity index (χ3n) is 5.10. The van der Waals surface area contributed by atoms with E-state index in [1.54, 1.807) is 12.1 Å². The van der Waals surface area contributed by atoms with E-state index in [-0.39, 0.29) is 17.9 Å². The Hall–Kier alpha value is -1.97. The highest BCUT2D eigenvalue weighted by molar-refractivity contribution is 6.35. The molecule has 0 bridgehead atoms. The van der Waals surface area contributed by atoms with Crippen LogP contribution in [0.2, 0.25) is 10.0 Å². The number of ether oxygens (including phenoxy) is 1. The molecule has 3 atom stereocenters. The van der Waals surface area contributed by atoms with Gasteiger partial charge in [0, 0.05) is 16.0 Å². The highest BCUT2D eigenvalue weighted by atomic mass is 35.5. The Labute approximate surface area is 156 Å². The third kappa shape index (κ3) is 2.72. The molecule has 5 heteroatoms. The zero-order valence-corrected chi connectivity index (χ0v) is 15.1. The summed E-state index contributed by atoms with van der Waals surface area (Å²) >= 11 is 12.5. The van der Waals surface area contributed by atoms with Gasteiger partial charge in [0.15, 0.2) is 0 Å². The summed E-state index contributed by atoms with van der Waals surface area (Å²) in [5.74, 6) is 0.252. The number of allylic oxidation sites excluding steroid dienone is 2. The Bertz CT molecular complexity index is 878. The Morgan fingerprint density at radius 3 is 2.80 bits per heavy atom. The van der Waals surface area contributed by atoms with Crippen LogP contribution < -0.4 is 5.32 Å². The van der Waals surface area contributed by atoms with Crippen molar-refractivity contribution in [2.24, 2.45) is 5.92 Å². The van der Waals surface area contributed by atoms with Gasteiger partial charge in [0.25, 0.3) is 0 Å². The highest BCUT2D eigenvalue weighted by Gasteiger charge is 2.40. The van der Waals surface area contributed by atoms with E-state index in [0.717, 1.165) is 23.2 Å². The Balaban J connectivity index is 1.84. The van der Waals surface area contributed by atoms with Gasteiger partial charge in [-0.05, 0) is 41.7 Å². The minimum Gasteiger partial charge on any atom is -0.465 e. The summed E-state index contributed by atoms with van der Waals surface area (Å²) in [5.41, 5.74) is 3.50. The first-order valence-electron chi connectivity index (χ1n) is 8.19. The van der Waals surface area contributed by atoms with Crippen molar-refractivity contribution in [1.82, 2.24) is 0 Å². The van der Waals surface area contributed by atoms with Gasteiger partial charge in [0.05, 0.1) is 24.4 Å². The van der Waals surface area contributed by atoms with Crippen molar-refractivity contribution in [3.8, 4) is 0 Å². The summed E-state index contributed by atoms with van der Waals surface area (Å²) < 4.78 is 4.95. The molecule has 25 heavy (non-hydrogen) atoms. The molecule has 0 spiro atoms. The fourth-order valence-corrected chi connectivity index (χ4v) is 4.49. The standard InChI is InChI=1S/C20H17Cl2NO2/c1-25-20(24)16-7-3-6-14-12-4-2-5-13(12)18(23-19(14)16)15-9-8-11(21)10-17(15)22/h2-4,6-10,12-13,18,23H,5H2,1H3/t12-,13-,18+/m1/s1. The summed E-state index contributed by atoms with van der Waals surface area (Å²) in [6.07, 6.45) is 5.39. The molecule has 4 rings (SSSR count). The molecule has 0 saturated heterocycles. The Morgan fingerprint density at radius 2 is 2.04 bits per heavy atom. The normalized spacial score (nSPS) is 23.6. The van der Waals surface area contributed by atoms with E-state index in [4.69, 9.17) is 27.9 Å². The van der Waals surface area contributed by atoms with Crippen molar-refractivity contribution < 1.29 is 9.53 Å². The number of anilines is 1. The number of carbonyl (C=O) groups is 1. The summed E-state index contributed by atoms with van der Waals surface area (Å²) in [4.78, 5) is 12.2. The highest BCUT2D eigenvalue weighted by Crippen LogP contribution is 2.51. The third-order valence-corrected chi connectivity index (χ3v) is 5.66. The van der Waals surface area contributed by atoms with Crippen LogP contribution in [-0.2, 0) is 4.74 Å². The van der Waals surface area contributed by atoms with Crippen LogP contribution in [0.15, 0.2) is 48.6 Å². The average Bonchev–Trinajstić information content (AvgIpc) is 3.10. The zero-order valence-electron chi connectivity index (χ0n) is 13.6. The fraction of sp³-hybridized carbons (Fsp3) is 0.250.